The molecule has 1 heterocycles. The summed E-state index contributed by atoms with van der Waals surface area (Å²) in [5.41, 5.74) is 10.6. The zero-order valence-corrected chi connectivity index (χ0v) is 11.8. The summed E-state index contributed by atoms with van der Waals surface area (Å²) in [6, 6.07) is 3.21. The van der Waals surface area contributed by atoms with Crippen molar-refractivity contribution in [3.8, 4) is 0 Å². The third-order valence-corrected chi connectivity index (χ3v) is 5.06. The molecule has 0 saturated heterocycles. The Balaban J connectivity index is 1.91. The van der Waals surface area contributed by atoms with E-state index in [0.717, 1.165) is 18.5 Å². The molecule has 1 unspecified atom stereocenters. The van der Waals surface area contributed by atoms with E-state index >= 15 is 0 Å². The minimum absolute atomic E-state index is 0.603. The number of aryl methyl sites for hydroxylation is 1. The lowest BCUT2D eigenvalue weighted by Gasteiger charge is -2.22. The van der Waals surface area contributed by atoms with E-state index in [1.54, 1.807) is 5.56 Å². The van der Waals surface area contributed by atoms with Crippen LogP contribution in [0.2, 0.25) is 0 Å². The summed E-state index contributed by atoms with van der Waals surface area (Å²) in [6.07, 6.45) is 8.31. The molecule has 2 heteroatoms. The molecule has 2 N–H and O–H groups in total. The average molecular weight is 246 g/mol. The van der Waals surface area contributed by atoms with Gasteiger partial charge in [-0.3, -0.25) is 0 Å². The molecule has 0 bridgehead atoms. The van der Waals surface area contributed by atoms with Gasteiger partial charge in [0.2, 0.25) is 0 Å². The van der Waals surface area contributed by atoms with Crippen LogP contribution in [0.15, 0.2) is 6.07 Å². The van der Waals surface area contributed by atoms with Crippen molar-refractivity contribution in [1.82, 2.24) is 4.57 Å². The fourth-order valence-electron chi connectivity index (χ4n) is 4.01. The molecule has 18 heavy (non-hydrogen) atoms. The Bertz CT molecular complexity index is 423. The van der Waals surface area contributed by atoms with Crippen LogP contribution in [0.5, 0.6) is 0 Å². The second-order valence-electron chi connectivity index (χ2n) is 6.31. The van der Waals surface area contributed by atoms with Crippen LogP contribution in [0, 0.1) is 19.8 Å². The summed E-state index contributed by atoms with van der Waals surface area (Å²) in [7, 11) is 0. The maximum Gasteiger partial charge on any atom is 0.0337 e. The zero-order chi connectivity index (χ0) is 12.7. The second kappa shape index (κ2) is 4.73. The molecular formula is C16H26N2. The molecule has 2 nitrogen and oxygen atoms in total. The molecule has 1 aromatic rings. The summed E-state index contributed by atoms with van der Waals surface area (Å²) < 4.78 is 2.56. The first-order chi connectivity index (χ1) is 8.72. The Kier molecular flexibility index (Phi) is 3.23. The first-order valence-corrected chi connectivity index (χ1v) is 7.60. The van der Waals surface area contributed by atoms with E-state index in [4.69, 9.17) is 5.73 Å². The van der Waals surface area contributed by atoms with Crippen molar-refractivity contribution >= 4 is 0 Å². The van der Waals surface area contributed by atoms with Crippen LogP contribution in [-0.4, -0.2) is 11.1 Å². The number of nitrogens with zero attached hydrogens (tertiary/aromatic N) is 1. The van der Waals surface area contributed by atoms with E-state index < -0.39 is 0 Å². The Labute approximate surface area is 111 Å². The van der Waals surface area contributed by atoms with Crippen molar-refractivity contribution in [1.29, 1.82) is 0 Å². The first-order valence-electron chi connectivity index (χ1n) is 7.60. The van der Waals surface area contributed by atoms with E-state index in [-0.39, 0.29) is 0 Å². The number of hydrogen-bond acceptors (Lipinski definition) is 1. The highest BCUT2D eigenvalue weighted by atomic mass is 15.1. The quantitative estimate of drug-likeness (QED) is 0.863. The average Bonchev–Trinajstić information content (AvgIpc) is 2.94. The molecule has 100 valence electrons. The Morgan fingerprint density at radius 2 is 1.89 bits per heavy atom. The van der Waals surface area contributed by atoms with Crippen molar-refractivity contribution in [2.75, 3.05) is 6.54 Å². The molecule has 1 aromatic heterocycles. The zero-order valence-electron chi connectivity index (χ0n) is 11.8. The summed E-state index contributed by atoms with van der Waals surface area (Å²) in [4.78, 5) is 0. The number of aromatic nitrogens is 1. The van der Waals surface area contributed by atoms with Crippen LogP contribution >= 0.6 is 0 Å². The molecule has 1 atom stereocenters. The number of nitrogens with two attached hydrogens (primary N) is 1. The van der Waals surface area contributed by atoms with Gasteiger partial charge in [0.1, 0.15) is 0 Å². The van der Waals surface area contributed by atoms with Crippen molar-refractivity contribution < 1.29 is 0 Å². The summed E-state index contributed by atoms with van der Waals surface area (Å²) in [6.45, 7) is 5.38. The van der Waals surface area contributed by atoms with Crippen LogP contribution in [-0.2, 0) is 0 Å². The highest BCUT2D eigenvalue weighted by molar-refractivity contribution is 5.32. The Morgan fingerprint density at radius 3 is 2.44 bits per heavy atom. The minimum atomic E-state index is 0.603. The van der Waals surface area contributed by atoms with Gasteiger partial charge in [-0.15, -0.1) is 0 Å². The van der Waals surface area contributed by atoms with Crippen molar-refractivity contribution in [2.45, 2.75) is 64.3 Å². The van der Waals surface area contributed by atoms with E-state index in [1.165, 1.54) is 49.9 Å². The smallest absolute Gasteiger partial charge is 0.0337 e. The lowest BCUT2D eigenvalue weighted by molar-refractivity contribution is 0.438. The molecule has 0 amide bonds. The van der Waals surface area contributed by atoms with Gasteiger partial charge < -0.3 is 10.3 Å². The van der Waals surface area contributed by atoms with Crippen molar-refractivity contribution in [3.05, 3.63) is 23.0 Å². The van der Waals surface area contributed by atoms with Gasteiger partial charge >= 0.3 is 0 Å². The van der Waals surface area contributed by atoms with E-state index in [0.29, 0.717) is 5.92 Å². The van der Waals surface area contributed by atoms with Gasteiger partial charge in [0.05, 0.1) is 0 Å². The summed E-state index contributed by atoms with van der Waals surface area (Å²) >= 11 is 0. The van der Waals surface area contributed by atoms with Gasteiger partial charge in [0, 0.05) is 23.3 Å². The van der Waals surface area contributed by atoms with Crippen LogP contribution in [0.4, 0.5) is 0 Å². The van der Waals surface area contributed by atoms with Gasteiger partial charge in [0.25, 0.3) is 0 Å². The highest BCUT2D eigenvalue weighted by Crippen LogP contribution is 2.43. The molecule has 2 saturated carbocycles. The molecule has 3 rings (SSSR count). The molecule has 2 fully saturated rings. The van der Waals surface area contributed by atoms with Gasteiger partial charge in [-0.25, -0.2) is 0 Å². The van der Waals surface area contributed by atoms with E-state index in [1.807, 2.05) is 0 Å². The third-order valence-electron chi connectivity index (χ3n) is 5.06. The number of hydrogen-bond donors (Lipinski definition) is 1. The normalized spacial score (nSPS) is 22.6. The molecule has 0 aliphatic heterocycles. The number of rotatable bonds is 4. The van der Waals surface area contributed by atoms with Gasteiger partial charge in [-0.1, -0.05) is 12.8 Å². The van der Waals surface area contributed by atoms with E-state index in [9.17, 15) is 0 Å². The minimum Gasteiger partial charge on any atom is -0.346 e. The predicted octanol–water partition coefficient (Wildman–Crippen LogP) is 3.67. The van der Waals surface area contributed by atoms with Gasteiger partial charge in [-0.05, 0) is 63.6 Å². The van der Waals surface area contributed by atoms with Gasteiger partial charge in [-0.2, -0.15) is 0 Å². The topological polar surface area (TPSA) is 30.9 Å². The highest BCUT2D eigenvalue weighted by Gasteiger charge is 2.31. The first kappa shape index (κ1) is 12.3. The molecule has 2 aliphatic rings. The molecule has 0 spiro atoms. The Morgan fingerprint density at radius 1 is 1.22 bits per heavy atom. The molecule has 2 aliphatic carbocycles. The largest absolute Gasteiger partial charge is 0.346 e. The lowest BCUT2D eigenvalue weighted by atomic mass is 9.85. The fraction of sp³-hybridized carbons (Fsp3) is 0.750. The maximum atomic E-state index is 6.10. The van der Waals surface area contributed by atoms with Crippen LogP contribution in [0.3, 0.4) is 0 Å². The molecule has 0 aromatic carbocycles. The fourth-order valence-corrected chi connectivity index (χ4v) is 4.01. The predicted molar refractivity (Wildman–Crippen MR) is 75.9 cm³/mol. The Hall–Kier alpha value is -0.760. The van der Waals surface area contributed by atoms with Crippen LogP contribution < -0.4 is 5.73 Å². The molecular weight excluding hydrogens is 220 g/mol. The summed E-state index contributed by atoms with van der Waals surface area (Å²) in [5, 5.41) is 0. The third kappa shape index (κ3) is 2.01. The maximum absolute atomic E-state index is 6.10. The van der Waals surface area contributed by atoms with E-state index in [2.05, 4.69) is 24.5 Å². The SMILES string of the molecule is Cc1cc(C(CN)C2CCCC2)c(C)n1C1CC1. The molecule has 0 radical (unpaired) electrons. The van der Waals surface area contributed by atoms with Crippen molar-refractivity contribution in [2.24, 2.45) is 11.7 Å². The van der Waals surface area contributed by atoms with Crippen LogP contribution in [0.25, 0.3) is 0 Å². The lowest BCUT2D eigenvalue weighted by Crippen LogP contribution is -2.20. The monoisotopic (exact) mass is 246 g/mol. The van der Waals surface area contributed by atoms with Crippen LogP contribution in [0.1, 0.15) is 67.4 Å². The van der Waals surface area contributed by atoms with Crippen molar-refractivity contribution in [3.63, 3.8) is 0 Å². The second-order valence-corrected chi connectivity index (χ2v) is 6.31. The standard InChI is InChI=1S/C16H26N2/c1-11-9-15(12(2)18(11)14-7-8-14)16(10-17)13-5-3-4-6-13/h9,13-14,16H,3-8,10,17H2,1-2H3. The van der Waals surface area contributed by atoms with Gasteiger partial charge in [0.15, 0.2) is 0 Å². The summed E-state index contributed by atoms with van der Waals surface area (Å²) in [5.74, 6) is 1.44.